The van der Waals surface area contributed by atoms with Gasteiger partial charge in [0.1, 0.15) is 29.5 Å². The zero-order valence-corrected chi connectivity index (χ0v) is 21.4. The summed E-state index contributed by atoms with van der Waals surface area (Å²) in [7, 11) is 0. The fourth-order valence-electron chi connectivity index (χ4n) is 9.30. The maximum atomic E-state index is 13.6. The Kier molecular flexibility index (Phi) is 4.46. The molecule has 1 aromatic rings. The van der Waals surface area contributed by atoms with Gasteiger partial charge in [0.05, 0.1) is 12.2 Å². The van der Waals surface area contributed by atoms with Crippen LogP contribution in [0, 0.1) is 35.5 Å². The molecule has 36 heavy (non-hydrogen) atoms. The molecule has 1 aromatic carbocycles. The number of benzene rings is 1. The summed E-state index contributed by atoms with van der Waals surface area (Å²) in [5.41, 5.74) is -4.70. The molecule has 3 bridgehead atoms. The van der Waals surface area contributed by atoms with Crippen molar-refractivity contribution in [1.82, 2.24) is 0 Å². The molecule has 0 radical (unpaired) electrons. The third-order valence-electron chi connectivity index (χ3n) is 11.1. The number of aliphatic hydroxyl groups is 3. The Morgan fingerprint density at radius 3 is 2.36 bits per heavy atom. The lowest BCUT2D eigenvalue weighted by atomic mass is 9.49. The Bertz CT molecular complexity index is 1130. The lowest BCUT2D eigenvalue weighted by molar-refractivity contribution is -0.442. The van der Waals surface area contributed by atoms with Crippen molar-refractivity contribution in [2.24, 2.45) is 35.5 Å². The third-order valence-corrected chi connectivity index (χ3v) is 11.1. The van der Waals surface area contributed by atoms with E-state index in [1.807, 2.05) is 30.3 Å². The van der Waals surface area contributed by atoms with Crippen LogP contribution in [-0.2, 0) is 29.7 Å². The van der Waals surface area contributed by atoms with E-state index in [1.165, 1.54) is 0 Å². The Morgan fingerprint density at radius 1 is 1.03 bits per heavy atom. The summed E-state index contributed by atoms with van der Waals surface area (Å²) in [5.74, 6) is -3.77. The van der Waals surface area contributed by atoms with Crippen LogP contribution in [0.4, 0.5) is 0 Å². The van der Waals surface area contributed by atoms with Crippen LogP contribution >= 0.6 is 0 Å². The molecule has 7 rings (SSSR count). The predicted octanol–water partition coefficient (Wildman–Crippen LogP) is 1.74. The summed E-state index contributed by atoms with van der Waals surface area (Å²) in [5, 5.41) is 34.3. The summed E-state index contributed by atoms with van der Waals surface area (Å²) in [6.07, 6.45) is -2.35. The molecular formula is C28H36O8. The standard InChI is InChI=1S/C28H36O8/c1-13(2)26-15(4)16(5)27-18-11-14(3)20(30)25(18,32)23(31)24(12-29)21(33-24)19(27)22(26)34-28(35-26,36-27)17-9-7-6-8-10-17/h6-10,13-16,18-19,21-23,29,31-32H,11-12H2,1-5H3/t14-,15+,16+,18+,19-,21-,22+,23+,24-,25+,26-,27-,28?/m0/s1. The lowest BCUT2D eigenvalue weighted by Gasteiger charge is -2.62. The lowest BCUT2D eigenvalue weighted by Crippen LogP contribution is -2.74. The Labute approximate surface area is 210 Å². The molecule has 3 N–H and O–H groups in total. The monoisotopic (exact) mass is 500 g/mol. The van der Waals surface area contributed by atoms with Gasteiger partial charge in [-0.25, -0.2) is 0 Å². The Morgan fingerprint density at radius 2 is 1.72 bits per heavy atom. The van der Waals surface area contributed by atoms with Gasteiger partial charge in [-0.3, -0.25) is 4.79 Å². The van der Waals surface area contributed by atoms with Crippen LogP contribution in [-0.4, -0.2) is 68.4 Å². The first-order valence-corrected chi connectivity index (χ1v) is 13.3. The van der Waals surface area contributed by atoms with E-state index in [1.54, 1.807) is 6.92 Å². The van der Waals surface area contributed by atoms with Crippen LogP contribution in [0.15, 0.2) is 30.3 Å². The van der Waals surface area contributed by atoms with Gasteiger partial charge in [0.2, 0.25) is 0 Å². The first-order valence-electron chi connectivity index (χ1n) is 13.3. The van der Waals surface area contributed by atoms with Crippen LogP contribution in [0.2, 0.25) is 0 Å². The molecular weight excluding hydrogens is 464 g/mol. The number of hydrogen-bond acceptors (Lipinski definition) is 8. The summed E-state index contributed by atoms with van der Waals surface area (Å²) < 4.78 is 27.1. The van der Waals surface area contributed by atoms with E-state index < -0.39 is 76.8 Å². The number of hydrogen-bond donors (Lipinski definition) is 3. The zero-order valence-electron chi connectivity index (χ0n) is 21.4. The minimum atomic E-state index is -2.12. The Balaban J connectivity index is 1.54. The highest BCUT2D eigenvalue weighted by Crippen LogP contribution is 2.75. The van der Waals surface area contributed by atoms with E-state index in [2.05, 4.69) is 27.7 Å². The van der Waals surface area contributed by atoms with Crippen LogP contribution in [0.25, 0.3) is 0 Å². The van der Waals surface area contributed by atoms with Gasteiger partial charge in [0, 0.05) is 23.3 Å². The van der Waals surface area contributed by atoms with E-state index in [4.69, 9.17) is 18.9 Å². The van der Waals surface area contributed by atoms with E-state index in [9.17, 15) is 20.1 Å². The van der Waals surface area contributed by atoms with Crippen LogP contribution in [0.1, 0.15) is 46.6 Å². The van der Waals surface area contributed by atoms with Crippen molar-refractivity contribution in [3.05, 3.63) is 35.9 Å². The smallest absolute Gasteiger partial charge is 0.313 e. The van der Waals surface area contributed by atoms with E-state index in [0.717, 1.165) is 0 Å². The fourth-order valence-corrected chi connectivity index (χ4v) is 9.30. The molecule has 0 spiro atoms. The van der Waals surface area contributed by atoms with Crippen LogP contribution < -0.4 is 0 Å². The van der Waals surface area contributed by atoms with Gasteiger partial charge < -0.3 is 34.3 Å². The van der Waals surface area contributed by atoms with Gasteiger partial charge in [-0.15, -0.1) is 0 Å². The van der Waals surface area contributed by atoms with Crippen molar-refractivity contribution in [2.45, 2.75) is 87.7 Å². The van der Waals surface area contributed by atoms with E-state index in [-0.39, 0.29) is 17.8 Å². The van der Waals surface area contributed by atoms with Crippen molar-refractivity contribution >= 4 is 5.78 Å². The molecule has 6 aliphatic rings. The highest BCUT2D eigenvalue weighted by Gasteiger charge is 2.90. The molecule has 3 saturated heterocycles. The average molecular weight is 501 g/mol. The number of fused-ring (bicyclic) bond motifs is 3. The van der Waals surface area contributed by atoms with Crippen molar-refractivity contribution in [1.29, 1.82) is 0 Å². The zero-order chi connectivity index (χ0) is 25.6. The minimum absolute atomic E-state index is 0.0451. The SMILES string of the molecule is CC(C)[C@@]12OC3(c4ccccc4)O[C@@H]1[C@@H]1[C@@H]4O[C@]4(CO)[C@@H](O)[C@]4(O)C(=O)[C@@H](C)C[C@H]4[C@@]1(O3)[C@H](C)[C@H]2C. The Hall–Kier alpha value is -1.39. The highest BCUT2D eigenvalue weighted by atomic mass is 16.9. The predicted molar refractivity (Wildman–Crippen MR) is 125 cm³/mol. The first-order chi connectivity index (χ1) is 17.0. The van der Waals surface area contributed by atoms with E-state index >= 15 is 0 Å². The molecule has 3 saturated carbocycles. The number of aliphatic hydroxyl groups excluding tert-OH is 2. The van der Waals surface area contributed by atoms with Gasteiger partial charge in [0.15, 0.2) is 11.4 Å². The van der Waals surface area contributed by atoms with Gasteiger partial charge in [0.25, 0.3) is 0 Å². The minimum Gasteiger partial charge on any atom is -0.393 e. The van der Waals surface area contributed by atoms with E-state index in [0.29, 0.717) is 12.0 Å². The van der Waals surface area contributed by atoms with Crippen molar-refractivity contribution < 1.29 is 39.1 Å². The number of ketones is 1. The molecule has 0 aromatic heterocycles. The summed E-state index contributed by atoms with van der Waals surface area (Å²) in [6.45, 7) is 9.76. The fraction of sp³-hybridized carbons (Fsp3) is 0.750. The largest absolute Gasteiger partial charge is 0.393 e. The van der Waals surface area contributed by atoms with Gasteiger partial charge >= 0.3 is 5.97 Å². The second-order valence-corrected chi connectivity index (χ2v) is 12.6. The quantitative estimate of drug-likeness (QED) is 0.538. The summed E-state index contributed by atoms with van der Waals surface area (Å²) in [4.78, 5) is 13.6. The highest BCUT2D eigenvalue weighted by molar-refractivity contribution is 5.93. The number of epoxide rings is 1. The van der Waals surface area contributed by atoms with Crippen molar-refractivity contribution in [3.8, 4) is 0 Å². The summed E-state index contributed by atoms with van der Waals surface area (Å²) in [6, 6.07) is 9.55. The molecule has 8 heteroatoms. The first kappa shape index (κ1) is 23.7. The molecule has 0 amide bonds. The second kappa shape index (κ2) is 6.78. The number of ether oxygens (including phenoxy) is 4. The number of rotatable bonds is 3. The molecule has 8 nitrogen and oxygen atoms in total. The molecule has 3 heterocycles. The average Bonchev–Trinajstić information content (AvgIpc) is 3.49. The molecule has 6 fully saturated rings. The molecule has 196 valence electrons. The normalized spacial score (nSPS) is 58.4. The maximum Gasteiger partial charge on any atom is 0.313 e. The maximum absolute atomic E-state index is 13.6. The van der Waals surface area contributed by atoms with Gasteiger partial charge in [-0.05, 0) is 24.2 Å². The second-order valence-electron chi connectivity index (χ2n) is 12.6. The molecule has 1 unspecified atom stereocenters. The van der Waals surface area contributed by atoms with Crippen LogP contribution in [0.5, 0.6) is 0 Å². The third kappa shape index (κ3) is 2.20. The number of Topliss-reactive ketones (excluding diaryl/α,β-unsaturated/α-hetero) is 1. The van der Waals surface area contributed by atoms with Crippen molar-refractivity contribution in [3.63, 3.8) is 0 Å². The van der Waals surface area contributed by atoms with Gasteiger partial charge in [-0.2, -0.15) is 0 Å². The molecule has 3 aliphatic carbocycles. The summed E-state index contributed by atoms with van der Waals surface area (Å²) >= 11 is 0. The molecule has 13 atom stereocenters. The van der Waals surface area contributed by atoms with Gasteiger partial charge in [-0.1, -0.05) is 65.0 Å². The van der Waals surface area contributed by atoms with Crippen LogP contribution in [0.3, 0.4) is 0 Å². The van der Waals surface area contributed by atoms with Crippen molar-refractivity contribution in [2.75, 3.05) is 6.61 Å². The number of carbonyl (C=O) groups excluding carboxylic acids is 1. The number of carbonyl (C=O) groups is 1. The molecule has 3 aliphatic heterocycles. The topological polar surface area (TPSA) is 118 Å².